The summed E-state index contributed by atoms with van der Waals surface area (Å²) < 4.78 is 27.8. The number of rotatable bonds is 10. The second kappa shape index (κ2) is 10.8. The lowest BCUT2D eigenvalue weighted by Crippen LogP contribution is -2.49. The van der Waals surface area contributed by atoms with Gasteiger partial charge >= 0.3 is 8.80 Å². The number of carbonyl (C=O) groups excluding carboxylic acids is 3. The second-order valence-electron chi connectivity index (χ2n) is 7.89. The Morgan fingerprint density at radius 3 is 2.19 bits per heavy atom. The number of unbranched alkanes of at least 4 members (excludes halogenated alkanes) is 2. The smallest absolute Gasteiger partial charge is 0.462 e. The molecule has 0 N–H and O–H groups in total. The molecule has 172 valence electrons. The first-order valence-electron chi connectivity index (χ1n) is 10.6. The van der Waals surface area contributed by atoms with Crippen LogP contribution in [-0.2, 0) is 45.4 Å². The highest BCUT2D eigenvalue weighted by molar-refractivity contribution is 6.65. The van der Waals surface area contributed by atoms with Gasteiger partial charge in [0.25, 0.3) is 17.9 Å². The van der Waals surface area contributed by atoms with Crippen molar-refractivity contribution in [3.8, 4) is 5.75 Å². The van der Waals surface area contributed by atoms with Gasteiger partial charge < -0.3 is 22.8 Å². The third-order valence-electron chi connectivity index (χ3n) is 4.84. The summed E-state index contributed by atoms with van der Waals surface area (Å²) in [6, 6.07) is 5.81. The number of hydrogen-bond acceptors (Lipinski definition) is 8. The maximum atomic E-state index is 11.6. The lowest BCUT2D eigenvalue weighted by Gasteiger charge is -2.36. The summed E-state index contributed by atoms with van der Waals surface area (Å²) in [6.07, 6.45) is 4.50. The summed E-state index contributed by atoms with van der Waals surface area (Å²) in [5, 5.41) is 0. The van der Waals surface area contributed by atoms with Gasteiger partial charge in [-0.3, -0.25) is 14.4 Å². The van der Waals surface area contributed by atoms with Gasteiger partial charge in [-0.15, -0.1) is 0 Å². The van der Waals surface area contributed by atoms with Crippen LogP contribution in [0.1, 0.15) is 71.4 Å². The normalized spacial score (nSPS) is 17.8. The van der Waals surface area contributed by atoms with Crippen molar-refractivity contribution >= 4 is 26.7 Å². The van der Waals surface area contributed by atoms with E-state index in [0.717, 1.165) is 42.6 Å². The van der Waals surface area contributed by atoms with Gasteiger partial charge in [0.15, 0.2) is 0 Å². The molecule has 0 amide bonds. The zero-order valence-corrected chi connectivity index (χ0v) is 19.9. The molecular formula is C22H32O8Si. The van der Waals surface area contributed by atoms with Crippen molar-refractivity contribution in [1.29, 1.82) is 0 Å². The van der Waals surface area contributed by atoms with Crippen LogP contribution in [0.3, 0.4) is 0 Å². The van der Waals surface area contributed by atoms with Gasteiger partial charge in [0.05, 0.1) is 12.7 Å². The number of carbonyl (C=O) groups is 3. The molecule has 1 aromatic carbocycles. The van der Waals surface area contributed by atoms with Gasteiger partial charge in [0.1, 0.15) is 5.75 Å². The molecule has 1 aromatic rings. The van der Waals surface area contributed by atoms with Crippen LogP contribution in [0, 0.1) is 0 Å². The third-order valence-corrected chi connectivity index (χ3v) is 7.49. The summed E-state index contributed by atoms with van der Waals surface area (Å²) in [4.78, 5) is 34.7. The molecule has 2 rings (SSSR count). The zero-order valence-electron chi connectivity index (χ0n) is 18.9. The monoisotopic (exact) mass is 452 g/mol. The van der Waals surface area contributed by atoms with Crippen LogP contribution in [0.2, 0.25) is 6.04 Å². The maximum absolute atomic E-state index is 11.6. The van der Waals surface area contributed by atoms with Crippen LogP contribution >= 0.6 is 0 Å². The van der Waals surface area contributed by atoms with Crippen molar-refractivity contribution in [2.45, 2.75) is 85.2 Å². The SMILES string of the molecule is CCCCCC1(C)OCc2cc(CC[Si](OC(C)=O)(OC(C)=O)OC(C)=O)ccc2O1. The molecule has 0 aromatic heterocycles. The fourth-order valence-electron chi connectivity index (χ4n) is 3.48. The van der Waals surface area contributed by atoms with E-state index in [0.29, 0.717) is 13.0 Å². The van der Waals surface area contributed by atoms with E-state index in [1.807, 2.05) is 25.1 Å². The van der Waals surface area contributed by atoms with E-state index in [1.165, 1.54) is 20.8 Å². The highest BCUT2D eigenvalue weighted by Crippen LogP contribution is 2.35. The molecule has 1 aliphatic rings. The molecule has 1 heterocycles. The molecule has 0 aliphatic carbocycles. The zero-order chi connectivity index (χ0) is 23.1. The van der Waals surface area contributed by atoms with Gasteiger partial charge in [-0.2, -0.15) is 0 Å². The predicted molar refractivity (Wildman–Crippen MR) is 114 cm³/mol. The van der Waals surface area contributed by atoms with Crippen LogP contribution in [0.15, 0.2) is 18.2 Å². The van der Waals surface area contributed by atoms with Crippen molar-refractivity contribution in [1.82, 2.24) is 0 Å². The van der Waals surface area contributed by atoms with Crippen molar-refractivity contribution in [2.75, 3.05) is 0 Å². The minimum atomic E-state index is -3.86. The average Bonchev–Trinajstić information content (AvgIpc) is 2.65. The van der Waals surface area contributed by atoms with E-state index >= 15 is 0 Å². The summed E-state index contributed by atoms with van der Waals surface area (Å²) >= 11 is 0. The number of benzene rings is 1. The summed E-state index contributed by atoms with van der Waals surface area (Å²) in [7, 11) is -3.86. The van der Waals surface area contributed by atoms with Crippen molar-refractivity contribution in [3.63, 3.8) is 0 Å². The highest BCUT2D eigenvalue weighted by atomic mass is 28.4. The molecule has 0 fully saturated rings. The van der Waals surface area contributed by atoms with Gasteiger partial charge in [-0.05, 0) is 30.5 Å². The van der Waals surface area contributed by atoms with Crippen LogP contribution < -0.4 is 4.74 Å². The summed E-state index contributed by atoms with van der Waals surface area (Å²) in [6.45, 7) is 8.08. The first-order valence-corrected chi connectivity index (χ1v) is 12.5. The molecule has 1 unspecified atom stereocenters. The molecule has 31 heavy (non-hydrogen) atoms. The molecule has 0 saturated carbocycles. The van der Waals surface area contributed by atoms with E-state index in [2.05, 4.69) is 6.92 Å². The lowest BCUT2D eigenvalue weighted by atomic mass is 10.0. The van der Waals surface area contributed by atoms with Crippen LogP contribution in [-0.4, -0.2) is 32.5 Å². The number of aryl methyl sites for hydroxylation is 1. The topological polar surface area (TPSA) is 97.4 Å². The molecule has 0 radical (unpaired) electrons. The van der Waals surface area contributed by atoms with Crippen molar-refractivity contribution in [3.05, 3.63) is 29.3 Å². The molecule has 1 aliphatic heterocycles. The Bertz CT molecular complexity index is 768. The highest BCUT2D eigenvalue weighted by Gasteiger charge is 2.51. The molecule has 9 heteroatoms. The number of hydrogen-bond donors (Lipinski definition) is 0. The molecule has 0 bridgehead atoms. The first-order chi connectivity index (χ1) is 14.6. The van der Waals surface area contributed by atoms with E-state index in [4.69, 9.17) is 22.8 Å². The Balaban J connectivity index is 2.12. The largest absolute Gasteiger partial charge is 0.705 e. The number of ether oxygens (including phenoxy) is 2. The van der Waals surface area contributed by atoms with Gasteiger partial charge in [0, 0.05) is 39.7 Å². The van der Waals surface area contributed by atoms with Gasteiger partial charge in [-0.1, -0.05) is 25.8 Å². The minimum absolute atomic E-state index is 0.0843. The first kappa shape index (κ1) is 24.9. The van der Waals surface area contributed by atoms with E-state index in [-0.39, 0.29) is 6.04 Å². The Morgan fingerprint density at radius 1 is 1.03 bits per heavy atom. The fourth-order valence-corrected chi connectivity index (χ4v) is 5.82. The Kier molecular flexibility index (Phi) is 8.64. The molecule has 8 nitrogen and oxygen atoms in total. The second-order valence-corrected chi connectivity index (χ2v) is 10.4. The molecule has 1 atom stereocenters. The minimum Gasteiger partial charge on any atom is -0.462 e. The van der Waals surface area contributed by atoms with E-state index in [9.17, 15) is 14.4 Å². The number of fused-ring (bicyclic) bond motifs is 1. The Morgan fingerprint density at radius 2 is 1.65 bits per heavy atom. The van der Waals surface area contributed by atoms with Gasteiger partial charge in [0.2, 0.25) is 5.79 Å². The van der Waals surface area contributed by atoms with Crippen LogP contribution in [0.5, 0.6) is 5.75 Å². The molecule has 0 spiro atoms. The standard InChI is InChI=1S/C22H32O8Si/c1-6-7-8-12-22(5)26-15-20-14-19(9-10-21(20)27-22)11-13-31(28-16(2)23,29-17(3)24)30-18(4)25/h9-10,14H,6-8,11-13,15H2,1-5H3. The average molecular weight is 453 g/mol. The third kappa shape index (κ3) is 7.66. The Labute approximate surface area is 184 Å². The summed E-state index contributed by atoms with van der Waals surface area (Å²) in [5.74, 6) is -1.89. The maximum Gasteiger partial charge on any atom is 0.705 e. The van der Waals surface area contributed by atoms with Crippen LogP contribution in [0.25, 0.3) is 0 Å². The summed E-state index contributed by atoms with van der Waals surface area (Å²) in [5.41, 5.74) is 1.80. The van der Waals surface area contributed by atoms with Crippen molar-refractivity contribution in [2.24, 2.45) is 0 Å². The quantitative estimate of drug-likeness (QED) is 0.387. The van der Waals surface area contributed by atoms with Crippen LogP contribution in [0.4, 0.5) is 0 Å². The molecular weight excluding hydrogens is 420 g/mol. The molecule has 0 saturated heterocycles. The van der Waals surface area contributed by atoms with Gasteiger partial charge in [-0.25, -0.2) is 0 Å². The van der Waals surface area contributed by atoms with Crippen molar-refractivity contribution < 1.29 is 37.1 Å². The fraction of sp³-hybridized carbons (Fsp3) is 0.591. The van der Waals surface area contributed by atoms with E-state index < -0.39 is 32.5 Å². The Hall–Kier alpha value is -2.39. The van der Waals surface area contributed by atoms with E-state index in [1.54, 1.807) is 0 Å². The lowest BCUT2D eigenvalue weighted by molar-refractivity contribution is -0.198. The predicted octanol–water partition coefficient (Wildman–Crippen LogP) is 4.06.